The van der Waals surface area contributed by atoms with Crippen LogP contribution in [0.15, 0.2) is 71.7 Å². The lowest BCUT2D eigenvalue weighted by Gasteiger charge is -2.34. The predicted octanol–water partition coefficient (Wildman–Crippen LogP) is 3.03. The number of piperazine rings is 1. The van der Waals surface area contributed by atoms with Gasteiger partial charge < -0.3 is 25.4 Å². The molecule has 3 N–H and O–H groups in total. The highest BCUT2D eigenvalue weighted by Gasteiger charge is 2.17. The van der Waals surface area contributed by atoms with Crippen LogP contribution >= 0.6 is 0 Å². The molecule has 1 aliphatic rings. The summed E-state index contributed by atoms with van der Waals surface area (Å²) in [6.45, 7) is 4.66. The molecule has 1 saturated heterocycles. The molecule has 7 heteroatoms. The number of carbonyl (C=O) groups excluding carboxylic acids is 1. The highest BCUT2D eigenvalue weighted by molar-refractivity contribution is 6.07. The summed E-state index contributed by atoms with van der Waals surface area (Å²) in [5.41, 5.74) is 3.18. The summed E-state index contributed by atoms with van der Waals surface area (Å²) in [7, 11) is 2.13. The second-order valence-corrected chi connectivity index (χ2v) is 8.05. The maximum absolute atomic E-state index is 12.9. The summed E-state index contributed by atoms with van der Waals surface area (Å²) < 4.78 is 0. The van der Waals surface area contributed by atoms with E-state index in [1.54, 1.807) is 12.3 Å². The van der Waals surface area contributed by atoms with Gasteiger partial charge in [-0.1, -0.05) is 30.3 Å². The van der Waals surface area contributed by atoms with Crippen molar-refractivity contribution in [1.82, 2.24) is 9.88 Å². The maximum atomic E-state index is 12.9. The number of likely N-dealkylation sites (N-methyl/N-ethyl adjacent to an activating group) is 1. The van der Waals surface area contributed by atoms with Crippen LogP contribution in [0.3, 0.4) is 0 Å². The molecule has 166 valence electrons. The van der Waals surface area contributed by atoms with Gasteiger partial charge in [-0.2, -0.15) is 0 Å². The quantitative estimate of drug-likeness (QED) is 0.536. The van der Waals surface area contributed by atoms with Crippen molar-refractivity contribution in [1.29, 1.82) is 0 Å². The molecule has 0 atom stereocenters. The van der Waals surface area contributed by atoms with Crippen molar-refractivity contribution in [2.75, 3.05) is 55.3 Å². The first-order valence-electron chi connectivity index (χ1n) is 10.9. The Labute approximate surface area is 188 Å². The number of benzene rings is 2. The van der Waals surface area contributed by atoms with E-state index in [0.717, 1.165) is 38.3 Å². The summed E-state index contributed by atoms with van der Waals surface area (Å²) in [5, 5.41) is 6.09. The van der Waals surface area contributed by atoms with E-state index in [0.29, 0.717) is 17.9 Å². The van der Waals surface area contributed by atoms with Gasteiger partial charge in [-0.15, -0.1) is 0 Å². The van der Waals surface area contributed by atoms with Crippen LogP contribution in [0.4, 0.5) is 17.1 Å². The minimum atomic E-state index is -0.429. The molecule has 1 aliphatic heterocycles. The largest absolute Gasteiger partial charge is 0.384 e. The van der Waals surface area contributed by atoms with E-state index in [2.05, 4.69) is 44.6 Å². The van der Waals surface area contributed by atoms with E-state index < -0.39 is 11.5 Å². The first-order valence-corrected chi connectivity index (χ1v) is 10.9. The van der Waals surface area contributed by atoms with Crippen molar-refractivity contribution in [3.8, 4) is 0 Å². The number of anilines is 3. The molecule has 0 saturated carbocycles. The summed E-state index contributed by atoms with van der Waals surface area (Å²) in [5.74, 6) is -0.429. The maximum Gasteiger partial charge on any atom is 0.263 e. The number of hydrogen-bond donors (Lipinski definition) is 3. The van der Waals surface area contributed by atoms with E-state index in [1.807, 2.05) is 42.5 Å². The van der Waals surface area contributed by atoms with Crippen molar-refractivity contribution in [2.24, 2.45) is 0 Å². The minimum absolute atomic E-state index is 0.0868. The number of nitrogens with one attached hydrogen (secondary N) is 3. The van der Waals surface area contributed by atoms with Crippen molar-refractivity contribution >= 4 is 23.0 Å². The Balaban J connectivity index is 1.41. The van der Waals surface area contributed by atoms with Gasteiger partial charge in [-0.05, 0) is 49.4 Å². The van der Waals surface area contributed by atoms with Crippen molar-refractivity contribution in [2.45, 2.75) is 6.42 Å². The van der Waals surface area contributed by atoms with Gasteiger partial charge in [0.2, 0.25) is 0 Å². The Kier molecular flexibility index (Phi) is 6.87. The Morgan fingerprint density at radius 1 is 0.969 bits per heavy atom. The zero-order valence-corrected chi connectivity index (χ0v) is 18.3. The molecule has 2 heterocycles. The first-order chi connectivity index (χ1) is 15.6. The third-order valence-electron chi connectivity index (χ3n) is 5.75. The number of pyridine rings is 1. The van der Waals surface area contributed by atoms with Crippen molar-refractivity contribution in [3.63, 3.8) is 0 Å². The third-order valence-corrected chi connectivity index (χ3v) is 5.75. The molecule has 2 aromatic carbocycles. The van der Waals surface area contributed by atoms with Crippen LogP contribution in [0.5, 0.6) is 0 Å². The third kappa shape index (κ3) is 5.36. The normalized spacial score (nSPS) is 14.2. The first kappa shape index (κ1) is 21.6. The lowest BCUT2D eigenvalue weighted by atomic mass is 10.1. The number of rotatable bonds is 7. The van der Waals surface area contributed by atoms with Gasteiger partial charge in [0, 0.05) is 50.3 Å². The molecule has 0 aliphatic carbocycles. The second kappa shape index (κ2) is 10.2. The van der Waals surface area contributed by atoms with Gasteiger partial charge in [0.05, 0.1) is 5.69 Å². The Morgan fingerprint density at radius 2 is 1.69 bits per heavy atom. The number of aromatic nitrogens is 1. The van der Waals surface area contributed by atoms with Crippen molar-refractivity contribution < 1.29 is 4.79 Å². The topological polar surface area (TPSA) is 80.5 Å². The Hall–Kier alpha value is -3.58. The van der Waals surface area contributed by atoms with Crippen LogP contribution in [-0.2, 0) is 6.42 Å². The average Bonchev–Trinajstić information content (AvgIpc) is 2.81. The van der Waals surface area contributed by atoms with Gasteiger partial charge >= 0.3 is 0 Å². The van der Waals surface area contributed by atoms with E-state index >= 15 is 0 Å². The molecule has 4 rings (SSSR count). The molecule has 0 radical (unpaired) electrons. The molecular formula is C25H29N5O2. The summed E-state index contributed by atoms with van der Waals surface area (Å²) >= 11 is 0. The summed E-state index contributed by atoms with van der Waals surface area (Å²) in [6.07, 6.45) is 2.34. The number of nitrogens with zero attached hydrogens (tertiary/aromatic N) is 2. The van der Waals surface area contributed by atoms with E-state index in [1.165, 1.54) is 5.56 Å². The lowest BCUT2D eigenvalue weighted by molar-refractivity contribution is 0.102. The minimum Gasteiger partial charge on any atom is -0.384 e. The summed E-state index contributed by atoms with van der Waals surface area (Å²) in [4.78, 5) is 32.6. The number of hydrogen-bond acceptors (Lipinski definition) is 5. The van der Waals surface area contributed by atoms with Crippen LogP contribution in [0, 0.1) is 0 Å². The highest BCUT2D eigenvalue weighted by Crippen LogP contribution is 2.20. The lowest BCUT2D eigenvalue weighted by Crippen LogP contribution is -2.44. The standard InChI is InChI=1S/C25H29N5O2/c1-29-15-17-30(18-16-29)21-9-7-20(8-10-21)28-25(32)23-22(12-14-27-24(23)31)26-13-11-19-5-3-2-4-6-19/h2-10,12,14H,11,13,15-18H2,1H3,(H,28,32)(H2,26,27,31). The smallest absolute Gasteiger partial charge is 0.263 e. The number of aromatic amines is 1. The van der Waals surface area contributed by atoms with Crippen LogP contribution in [0.25, 0.3) is 0 Å². The molecule has 1 fully saturated rings. The van der Waals surface area contributed by atoms with Gasteiger partial charge in [-0.25, -0.2) is 0 Å². The fourth-order valence-electron chi connectivity index (χ4n) is 3.85. The second-order valence-electron chi connectivity index (χ2n) is 8.05. The Morgan fingerprint density at radius 3 is 2.41 bits per heavy atom. The van der Waals surface area contributed by atoms with Crippen LogP contribution < -0.4 is 21.1 Å². The Bertz CT molecular complexity index is 1090. The van der Waals surface area contributed by atoms with Crippen LogP contribution in [-0.4, -0.2) is 55.6 Å². The summed E-state index contributed by atoms with van der Waals surface area (Å²) in [6, 6.07) is 19.6. The molecule has 3 aromatic rings. The molecule has 7 nitrogen and oxygen atoms in total. The highest BCUT2D eigenvalue weighted by atomic mass is 16.2. The number of amides is 1. The zero-order valence-electron chi connectivity index (χ0n) is 18.3. The van der Waals surface area contributed by atoms with Gasteiger partial charge in [0.15, 0.2) is 0 Å². The van der Waals surface area contributed by atoms with Gasteiger partial charge in [0.25, 0.3) is 11.5 Å². The zero-order chi connectivity index (χ0) is 22.3. The number of H-pyrrole nitrogens is 1. The van der Waals surface area contributed by atoms with E-state index in [-0.39, 0.29) is 5.56 Å². The molecule has 1 amide bonds. The average molecular weight is 432 g/mol. The van der Waals surface area contributed by atoms with E-state index in [4.69, 9.17) is 0 Å². The number of carbonyl (C=O) groups is 1. The fourth-order valence-corrected chi connectivity index (χ4v) is 3.85. The molecule has 0 spiro atoms. The van der Waals surface area contributed by atoms with Crippen LogP contribution in [0.2, 0.25) is 0 Å². The van der Waals surface area contributed by atoms with Crippen LogP contribution in [0.1, 0.15) is 15.9 Å². The van der Waals surface area contributed by atoms with Gasteiger partial charge in [-0.3, -0.25) is 9.59 Å². The van der Waals surface area contributed by atoms with Crippen molar-refractivity contribution in [3.05, 3.63) is 88.3 Å². The fraction of sp³-hybridized carbons (Fsp3) is 0.280. The molecule has 0 bridgehead atoms. The molecule has 0 unspecified atom stereocenters. The van der Waals surface area contributed by atoms with E-state index in [9.17, 15) is 9.59 Å². The molecular weight excluding hydrogens is 402 g/mol. The van der Waals surface area contributed by atoms with Gasteiger partial charge in [0.1, 0.15) is 5.56 Å². The predicted molar refractivity (Wildman–Crippen MR) is 130 cm³/mol. The molecule has 1 aromatic heterocycles. The monoisotopic (exact) mass is 431 g/mol. The molecule has 32 heavy (non-hydrogen) atoms. The SMILES string of the molecule is CN1CCN(c2ccc(NC(=O)c3c(NCCc4ccccc4)cc[nH]c3=O)cc2)CC1.